The minimum absolute atomic E-state index is 0.231. The van der Waals surface area contributed by atoms with E-state index >= 15 is 0 Å². The maximum atomic E-state index is 10.6. The van der Waals surface area contributed by atoms with Gasteiger partial charge in [0.2, 0.25) is 6.79 Å². The molecule has 0 saturated heterocycles. The summed E-state index contributed by atoms with van der Waals surface area (Å²) in [6.45, 7) is 0.231. The quantitative estimate of drug-likeness (QED) is 0.800. The minimum atomic E-state index is 0.231. The maximum Gasteiger partial charge on any atom is 0.231 e. The van der Waals surface area contributed by atoms with Crippen LogP contribution in [0.25, 0.3) is 10.6 Å². The van der Waals surface area contributed by atoms with Crippen LogP contribution in [0.4, 0.5) is 0 Å². The van der Waals surface area contributed by atoms with E-state index in [2.05, 4.69) is 20.9 Å². The van der Waals surface area contributed by atoms with Crippen LogP contribution in [-0.2, 0) is 0 Å². The summed E-state index contributed by atoms with van der Waals surface area (Å²) in [7, 11) is 0. The van der Waals surface area contributed by atoms with Gasteiger partial charge in [0.1, 0.15) is 5.01 Å². The number of benzene rings is 1. The van der Waals surface area contributed by atoms with E-state index in [0.717, 1.165) is 21.3 Å². The lowest BCUT2D eigenvalue weighted by Crippen LogP contribution is -1.93. The summed E-state index contributed by atoms with van der Waals surface area (Å²) in [5, 5.41) is 0.783. The van der Waals surface area contributed by atoms with Crippen LogP contribution in [0.5, 0.6) is 11.5 Å². The monoisotopic (exact) mass is 311 g/mol. The standard InChI is InChI=1S/C11H6BrNO3S/c12-8-1-6(2-9-10(8)16-5-15-9)11-13-3-7(4-14)17-11/h1-4H,5H2. The fourth-order valence-corrected chi connectivity index (χ4v) is 2.84. The number of thiazole rings is 1. The van der Waals surface area contributed by atoms with Crippen LogP contribution in [-0.4, -0.2) is 18.1 Å². The highest BCUT2D eigenvalue weighted by Crippen LogP contribution is 2.42. The second kappa shape index (κ2) is 4.12. The molecular weight excluding hydrogens is 306 g/mol. The third kappa shape index (κ3) is 1.83. The molecule has 0 aliphatic carbocycles. The average molecular weight is 312 g/mol. The zero-order valence-corrected chi connectivity index (χ0v) is 10.9. The highest BCUT2D eigenvalue weighted by Gasteiger charge is 2.19. The third-order valence-corrected chi connectivity index (χ3v) is 3.87. The first-order valence-corrected chi connectivity index (χ1v) is 6.39. The number of carbonyl (C=O) groups is 1. The molecule has 0 amide bonds. The molecule has 2 aromatic rings. The summed E-state index contributed by atoms with van der Waals surface area (Å²) in [6, 6.07) is 3.77. The van der Waals surface area contributed by atoms with Gasteiger partial charge in [-0.3, -0.25) is 4.79 Å². The fourth-order valence-electron chi connectivity index (χ4n) is 1.57. The molecule has 4 nitrogen and oxygen atoms in total. The maximum absolute atomic E-state index is 10.6. The van der Waals surface area contributed by atoms with E-state index in [1.807, 2.05) is 12.1 Å². The Morgan fingerprint density at radius 3 is 3.06 bits per heavy atom. The van der Waals surface area contributed by atoms with Crippen LogP contribution in [0.1, 0.15) is 9.67 Å². The highest BCUT2D eigenvalue weighted by atomic mass is 79.9. The second-order valence-corrected chi connectivity index (χ2v) is 5.29. The highest BCUT2D eigenvalue weighted by molar-refractivity contribution is 9.10. The molecule has 86 valence electrons. The summed E-state index contributed by atoms with van der Waals surface area (Å²) in [4.78, 5) is 15.4. The van der Waals surface area contributed by atoms with Gasteiger partial charge in [-0.05, 0) is 28.1 Å². The van der Waals surface area contributed by atoms with Gasteiger partial charge >= 0.3 is 0 Å². The molecule has 6 heteroatoms. The van der Waals surface area contributed by atoms with E-state index in [0.29, 0.717) is 16.4 Å². The number of hydrogen-bond acceptors (Lipinski definition) is 5. The van der Waals surface area contributed by atoms with Crippen LogP contribution in [0.2, 0.25) is 0 Å². The van der Waals surface area contributed by atoms with Gasteiger partial charge in [0.15, 0.2) is 17.8 Å². The molecule has 0 N–H and O–H groups in total. The molecule has 1 aliphatic heterocycles. The van der Waals surface area contributed by atoms with Gasteiger partial charge < -0.3 is 9.47 Å². The van der Waals surface area contributed by atoms with E-state index in [-0.39, 0.29) is 6.79 Å². The van der Waals surface area contributed by atoms with Crippen molar-refractivity contribution >= 4 is 33.6 Å². The largest absolute Gasteiger partial charge is 0.454 e. The Balaban J connectivity index is 2.09. The van der Waals surface area contributed by atoms with Gasteiger partial charge in [-0.15, -0.1) is 11.3 Å². The van der Waals surface area contributed by atoms with Crippen molar-refractivity contribution in [2.24, 2.45) is 0 Å². The predicted molar refractivity (Wildman–Crippen MR) is 66.8 cm³/mol. The van der Waals surface area contributed by atoms with Gasteiger partial charge in [-0.25, -0.2) is 4.98 Å². The van der Waals surface area contributed by atoms with Gasteiger partial charge in [-0.2, -0.15) is 0 Å². The van der Waals surface area contributed by atoms with Crippen molar-refractivity contribution in [1.29, 1.82) is 0 Å². The number of aromatic nitrogens is 1. The van der Waals surface area contributed by atoms with Crippen LogP contribution < -0.4 is 9.47 Å². The summed E-state index contributed by atoms with van der Waals surface area (Å²) in [5.41, 5.74) is 0.902. The summed E-state index contributed by atoms with van der Waals surface area (Å²) in [6.07, 6.45) is 2.36. The average Bonchev–Trinajstić information content (AvgIpc) is 2.97. The molecule has 3 rings (SSSR count). The Hall–Kier alpha value is -1.40. The number of nitrogens with zero attached hydrogens (tertiary/aromatic N) is 1. The minimum Gasteiger partial charge on any atom is -0.454 e. The molecular formula is C11H6BrNO3S. The molecule has 0 unspecified atom stereocenters. The molecule has 2 heterocycles. The van der Waals surface area contributed by atoms with Crippen LogP contribution >= 0.6 is 27.3 Å². The third-order valence-electron chi connectivity index (χ3n) is 2.31. The first-order valence-electron chi connectivity index (χ1n) is 4.78. The van der Waals surface area contributed by atoms with E-state index in [4.69, 9.17) is 9.47 Å². The second-order valence-electron chi connectivity index (χ2n) is 3.38. The molecule has 0 radical (unpaired) electrons. The van der Waals surface area contributed by atoms with Gasteiger partial charge in [0.05, 0.1) is 9.35 Å². The molecule has 0 bridgehead atoms. The van der Waals surface area contributed by atoms with E-state index in [1.54, 1.807) is 6.20 Å². The number of carbonyl (C=O) groups excluding carboxylic acids is 1. The number of halogens is 1. The molecule has 1 aromatic heterocycles. The predicted octanol–water partition coefficient (Wildman–Crippen LogP) is 3.11. The summed E-state index contributed by atoms with van der Waals surface area (Å²) in [5.74, 6) is 1.40. The number of ether oxygens (including phenoxy) is 2. The van der Waals surface area contributed by atoms with Crippen molar-refractivity contribution in [3.8, 4) is 22.1 Å². The van der Waals surface area contributed by atoms with Crippen molar-refractivity contribution < 1.29 is 14.3 Å². The molecule has 17 heavy (non-hydrogen) atoms. The SMILES string of the molecule is O=Cc1cnc(-c2cc(Br)c3c(c2)OCO3)s1. The smallest absolute Gasteiger partial charge is 0.231 e. The summed E-state index contributed by atoms with van der Waals surface area (Å²) < 4.78 is 11.5. The van der Waals surface area contributed by atoms with Gasteiger partial charge in [0, 0.05) is 11.8 Å². The van der Waals surface area contributed by atoms with E-state index in [9.17, 15) is 4.79 Å². The first-order chi connectivity index (χ1) is 8.28. The number of fused-ring (bicyclic) bond motifs is 1. The van der Waals surface area contributed by atoms with Crippen molar-refractivity contribution in [3.05, 3.63) is 27.7 Å². The normalized spacial score (nSPS) is 12.8. The molecule has 1 aromatic carbocycles. The lowest BCUT2D eigenvalue weighted by molar-refractivity contribution is 0.112. The van der Waals surface area contributed by atoms with E-state index in [1.165, 1.54) is 11.3 Å². The first kappa shape index (κ1) is 10.7. The lowest BCUT2D eigenvalue weighted by atomic mass is 10.2. The van der Waals surface area contributed by atoms with E-state index < -0.39 is 0 Å². The molecule has 0 fully saturated rings. The Bertz CT molecular complexity index is 596. The van der Waals surface area contributed by atoms with Crippen LogP contribution in [0, 0.1) is 0 Å². The summed E-state index contributed by atoms with van der Waals surface area (Å²) >= 11 is 4.77. The Morgan fingerprint density at radius 1 is 1.41 bits per heavy atom. The number of rotatable bonds is 2. The fraction of sp³-hybridized carbons (Fsp3) is 0.0909. The number of hydrogen-bond donors (Lipinski definition) is 0. The Kier molecular flexibility index (Phi) is 2.60. The molecule has 1 aliphatic rings. The Morgan fingerprint density at radius 2 is 2.29 bits per heavy atom. The van der Waals surface area contributed by atoms with Crippen molar-refractivity contribution in [2.45, 2.75) is 0 Å². The Labute approximate surface area is 109 Å². The molecule has 0 saturated carbocycles. The van der Waals surface area contributed by atoms with Crippen LogP contribution in [0.3, 0.4) is 0 Å². The van der Waals surface area contributed by atoms with Gasteiger partial charge in [0.25, 0.3) is 0 Å². The molecule has 0 spiro atoms. The van der Waals surface area contributed by atoms with Crippen LogP contribution in [0.15, 0.2) is 22.8 Å². The topological polar surface area (TPSA) is 48.4 Å². The molecule has 0 atom stereocenters. The van der Waals surface area contributed by atoms with Gasteiger partial charge in [-0.1, -0.05) is 0 Å². The zero-order chi connectivity index (χ0) is 11.8. The zero-order valence-electron chi connectivity index (χ0n) is 8.47. The van der Waals surface area contributed by atoms with Crippen molar-refractivity contribution in [2.75, 3.05) is 6.79 Å². The van der Waals surface area contributed by atoms with Crippen molar-refractivity contribution in [1.82, 2.24) is 4.98 Å². The number of aldehydes is 1. The lowest BCUT2D eigenvalue weighted by Gasteiger charge is -2.02. The van der Waals surface area contributed by atoms with Crippen molar-refractivity contribution in [3.63, 3.8) is 0 Å².